The van der Waals surface area contributed by atoms with Crippen LogP contribution in [0.15, 0.2) is 48.7 Å². The lowest BCUT2D eigenvalue weighted by molar-refractivity contribution is 0.0391. The molecule has 0 bridgehead atoms. The van der Waals surface area contributed by atoms with Crippen LogP contribution in [0.3, 0.4) is 0 Å². The van der Waals surface area contributed by atoms with E-state index in [1.807, 2.05) is 49.4 Å². The second-order valence-corrected chi connectivity index (χ2v) is 8.72. The van der Waals surface area contributed by atoms with Crippen molar-refractivity contribution in [3.63, 3.8) is 0 Å². The number of fused-ring (bicyclic) bond motifs is 2. The van der Waals surface area contributed by atoms with Gasteiger partial charge in [0.2, 0.25) is 0 Å². The maximum Gasteiger partial charge on any atom is 0.280 e. The van der Waals surface area contributed by atoms with E-state index >= 15 is 0 Å². The smallest absolute Gasteiger partial charge is 0.280 e. The lowest BCUT2D eigenvalue weighted by atomic mass is 10.3. The van der Waals surface area contributed by atoms with Gasteiger partial charge in [0.25, 0.3) is 5.91 Å². The molecule has 2 aromatic heterocycles. The fraction of sp³-hybridized carbons (Fsp3) is 0.333. The van der Waals surface area contributed by atoms with Crippen LogP contribution in [0.1, 0.15) is 17.4 Å². The molecule has 9 heteroatoms. The first-order valence-corrected chi connectivity index (χ1v) is 11.9. The van der Waals surface area contributed by atoms with Gasteiger partial charge in [0.15, 0.2) is 5.13 Å². The third-order valence-corrected chi connectivity index (χ3v) is 6.59. The molecular weight excluding hydrogens is 438 g/mol. The van der Waals surface area contributed by atoms with E-state index in [0.717, 1.165) is 41.1 Å². The molecule has 3 heterocycles. The second-order valence-electron chi connectivity index (χ2n) is 7.71. The molecule has 1 amide bonds. The largest absolute Gasteiger partial charge is 0.494 e. The molecule has 1 aliphatic rings. The highest BCUT2D eigenvalue weighted by atomic mass is 32.1. The third-order valence-electron chi connectivity index (χ3n) is 5.55. The zero-order valence-electron chi connectivity index (χ0n) is 18.4. The Morgan fingerprint density at radius 3 is 2.76 bits per heavy atom. The Balaban J connectivity index is 1.47. The maximum absolute atomic E-state index is 13.6. The molecule has 0 spiro atoms. The number of carbonyl (C=O) groups is 1. The molecule has 170 valence electrons. The van der Waals surface area contributed by atoms with Crippen LogP contribution in [0, 0.1) is 0 Å². The molecule has 0 aliphatic carbocycles. The van der Waals surface area contributed by atoms with Gasteiger partial charge in [-0.1, -0.05) is 23.5 Å². The van der Waals surface area contributed by atoms with Gasteiger partial charge in [0.05, 0.1) is 47.3 Å². The number of carbonyl (C=O) groups excluding carboxylic acids is 1. The second kappa shape index (κ2) is 9.78. The van der Waals surface area contributed by atoms with Crippen LogP contribution in [0.5, 0.6) is 5.75 Å². The van der Waals surface area contributed by atoms with Crippen LogP contribution in [0.2, 0.25) is 0 Å². The average molecular weight is 464 g/mol. The molecule has 33 heavy (non-hydrogen) atoms. The number of morpholine rings is 1. The minimum atomic E-state index is -0.203. The fourth-order valence-corrected chi connectivity index (χ4v) is 4.83. The Bertz CT molecular complexity index is 1270. The first-order chi connectivity index (χ1) is 16.2. The first kappa shape index (κ1) is 21.7. The Morgan fingerprint density at radius 2 is 1.94 bits per heavy atom. The molecule has 4 aromatic rings. The number of thiazole rings is 1. The van der Waals surface area contributed by atoms with Gasteiger partial charge in [-0.25, -0.2) is 9.97 Å². The van der Waals surface area contributed by atoms with Gasteiger partial charge in [-0.05, 0) is 37.3 Å². The Morgan fingerprint density at radius 1 is 1.12 bits per heavy atom. The number of anilines is 1. The fourth-order valence-electron chi connectivity index (χ4n) is 3.81. The molecule has 0 atom stereocenters. The highest BCUT2D eigenvalue weighted by Crippen LogP contribution is 2.32. The van der Waals surface area contributed by atoms with Crippen LogP contribution < -0.4 is 9.64 Å². The summed E-state index contributed by atoms with van der Waals surface area (Å²) in [5.74, 6) is 0.595. The van der Waals surface area contributed by atoms with E-state index in [1.54, 1.807) is 11.1 Å². The van der Waals surface area contributed by atoms with Crippen molar-refractivity contribution in [2.45, 2.75) is 6.92 Å². The lowest BCUT2D eigenvalue weighted by Gasteiger charge is -2.29. The topological polar surface area (TPSA) is 80.7 Å². The molecule has 1 saturated heterocycles. The number of aromatic nitrogens is 3. The number of amides is 1. The molecule has 2 aromatic carbocycles. The first-order valence-electron chi connectivity index (χ1n) is 11.1. The quantitative estimate of drug-likeness (QED) is 0.414. The number of para-hydroxylation sites is 2. The molecule has 0 unspecified atom stereocenters. The van der Waals surface area contributed by atoms with Gasteiger partial charge >= 0.3 is 0 Å². The minimum absolute atomic E-state index is 0.203. The van der Waals surface area contributed by atoms with E-state index in [0.29, 0.717) is 42.7 Å². The normalized spacial score (nSPS) is 14.6. The van der Waals surface area contributed by atoms with Gasteiger partial charge in [-0.3, -0.25) is 19.6 Å². The van der Waals surface area contributed by atoms with E-state index in [4.69, 9.17) is 14.5 Å². The third kappa shape index (κ3) is 4.80. The van der Waals surface area contributed by atoms with Gasteiger partial charge in [0.1, 0.15) is 11.4 Å². The Hall–Kier alpha value is -3.14. The van der Waals surface area contributed by atoms with Gasteiger partial charge < -0.3 is 9.47 Å². The van der Waals surface area contributed by atoms with Crippen LogP contribution >= 0.6 is 11.3 Å². The van der Waals surface area contributed by atoms with Crippen molar-refractivity contribution in [1.82, 2.24) is 19.9 Å². The van der Waals surface area contributed by atoms with Crippen LogP contribution in [0.4, 0.5) is 5.13 Å². The van der Waals surface area contributed by atoms with Crippen molar-refractivity contribution in [2.75, 3.05) is 50.9 Å². The predicted molar refractivity (Wildman–Crippen MR) is 129 cm³/mol. The number of rotatable bonds is 7. The number of nitrogens with zero attached hydrogens (tertiary/aromatic N) is 5. The number of hydrogen-bond acceptors (Lipinski definition) is 8. The van der Waals surface area contributed by atoms with Gasteiger partial charge in [-0.15, -0.1) is 0 Å². The van der Waals surface area contributed by atoms with Crippen molar-refractivity contribution < 1.29 is 14.3 Å². The highest BCUT2D eigenvalue weighted by molar-refractivity contribution is 7.22. The van der Waals surface area contributed by atoms with Crippen LogP contribution in [0.25, 0.3) is 21.3 Å². The zero-order chi connectivity index (χ0) is 22.6. The molecule has 1 aliphatic heterocycles. The van der Waals surface area contributed by atoms with E-state index in [1.165, 1.54) is 11.3 Å². The monoisotopic (exact) mass is 463 g/mol. The highest BCUT2D eigenvalue weighted by Gasteiger charge is 2.24. The molecule has 0 radical (unpaired) electrons. The van der Waals surface area contributed by atoms with Crippen molar-refractivity contribution in [2.24, 2.45) is 0 Å². The van der Waals surface area contributed by atoms with Crippen molar-refractivity contribution in [3.05, 3.63) is 54.4 Å². The summed E-state index contributed by atoms with van der Waals surface area (Å²) in [6.07, 6.45) is 1.55. The number of benzene rings is 2. The molecule has 0 saturated carbocycles. The SMILES string of the molecule is CCOc1ccc2nc(N(CCN3CCOCC3)C(=O)c3cnc4ccccc4n3)sc2c1. The van der Waals surface area contributed by atoms with Gasteiger partial charge in [0, 0.05) is 26.2 Å². The van der Waals surface area contributed by atoms with Crippen molar-refractivity contribution >= 4 is 43.6 Å². The summed E-state index contributed by atoms with van der Waals surface area (Å²) in [4.78, 5) is 31.4. The van der Waals surface area contributed by atoms with Crippen molar-refractivity contribution in [1.29, 1.82) is 0 Å². The summed E-state index contributed by atoms with van der Waals surface area (Å²) < 4.78 is 12.1. The minimum Gasteiger partial charge on any atom is -0.494 e. The lowest BCUT2D eigenvalue weighted by Crippen LogP contribution is -2.43. The average Bonchev–Trinajstić information content (AvgIpc) is 3.27. The van der Waals surface area contributed by atoms with Crippen molar-refractivity contribution in [3.8, 4) is 5.75 Å². The predicted octanol–water partition coefficient (Wildman–Crippen LogP) is 3.62. The molecule has 8 nitrogen and oxygen atoms in total. The summed E-state index contributed by atoms with van der Waals surface area (Å²) in [6, 6.07) is 13.4. The van der Waals surface area contributed by atoms with Crippen LogP contribution in [-0.2, 0) is 4.74 Å². The van der Waals surface area contributed by atoms with E-state index in [-0.39, 0.29) is 5.91 Å². The summed E-state index contributed by atoms with van der Waals surface area (Å²) >= 11 is 1.48. The van der Waals surface area contributed by atoms with Gasteiger partial charge in [-0.2, -0.15) is 0 Å². The number of ether oxygens (including phenoxy) is 2. The molecular formula is C24H25N5O3S. The summed E-state index contributed by atoms with van der Waals surface area (Å²) in [6.45, 7) is 6.93. The summed E-state index contributed by atoms with van der Waals surface area (Å²) in [5, 5.41) is 0.645. The maximum atomic E-state index is 13.6. The van der Waals surface area contributed by atoms with E-state index in [9.17, 15) is 4.79 Å². The number of hydrogen-bond donors (Lipinski definition) is 0. The summed E-state index contributed by atoms with van der Waals surface area (Å²) in [7, 11) is 0. The molecule has 5 rings (SSSR count). The molecule has 0 N–H and O–H groups in total. The standard InChI is InChI=1S/C24H25N5O3S/c1-2-32-17-7-8-20-22(15-17)33-24(27-20)29(10-9-28-11-13-31-14-12-28)23(30)21-16-25-18-5-3-4-6-19(18)26-21/h3-8,15-16H,2,9-14H2,1H3. The Kier molecular flexibility index (Phi) is 6.43. The Labute approximate surface area is 195 Å². The summed E-state index contributed by atoms with van der Waals surface area (Å²) in [5.41, 5.74) is 2.61. The zero-order valence-corrected chi connectivity index (χ0v) is 19.3. The van der Waals surface area contributed by atoms with E-state index in [2.05, 4.69) is 14.9 Å². The molecule has 1 fully saturated rings. The van der Waals surface area contributed by atoms with E-state index < -0.39 is 0 Å². The van der Waals surface area contributed by atoms with Crippen LogP contribution in [-0.4, -0.2) is 71.8 Å².